The van der Waals surface area contributed by atoms with Gasteiger partial charge in [-0.1, -0.05) is 30.0 Å². The summed E-state index contributed by atoms with van der Waals surface area (Å²) in [6, 6.07) is 11.0. The van der Waals surface area contributed by atoms with Crippen molar-refractivity contribution in [1.29, 1.82) is 0 Å². The molecule has 0 unspecified atom stereocenters. The normalized spacial score (nSPS) is 10.0. The molecule has 9 heteroatoms. The van der Waals surface area contributed by atoms with E-state index >= 15 is 0 Å². The third-order valence-corrected chi connectivity index (χ3v) is 4.37. The van der Waals surface area contributed by atoms with Gasteiger partial charge in [0.15, 0.2) is 11.5 Å². The summed E-state index contributed by atoms with van der Waals surface area (Å²) in [5.41, 5.74) is 14.4. The first-order valence-electron chi connectivity index (χ1n) is 9.14. The van der Waals surface area contributed by atoms with Gasteiger partial charge >= 0.3 is 6.09 Å². The van der Waals surface area contributed by atoms with Crippen LogP contribution in [0.1, 0.15) is 22.3 Å². The molecule has 0 saturated carbocycles. The van der Waals surface area contributed by atoms with Crippen LogP contribution < -0.4 is 26.3 Å². The van der Waals surface area contributed by atoms with E-state index in [0.29, 0.717) is 22.4 Å². The van der Waals surface area contributed by atoms with Gasteiger partial charge in [-0.05, 0) is 23.8 Å². The monoisotopic (exact) mass is 419 g/mol. The molecule has 0 spiro atoms. The number of hydrogen-bond acceptors (Lipinski definition) is 7. The van der Waals surface area contributed by atoms with E-state index in [1.807, 2.05) is 30.3 Å². The van der Waals surface area contributed by atoms with Crippen molar-refractivity contribution in [2.45, 2.75) is 6.42 Å². The number of nitrogen functional groups attached to an aromatic ring is 2. The fourth-order valence-corrected chi connectivity index (χ4v) is 3.01. The molecule has 3 aromatic rings. The summed E-state index contributed by atoms with van der Waals surface area (Å²) in [5.74, 6) is 7.00. The number of carbonyl (C=O) groups is 1. The Kier molecular flexibility index (Phi) is 6.42. The molecule has 158 valence electrons. The lowest BCUT2D eigenvalue weighted by Gasteiger charge is -2.18. The molecule has 0 aliphatic heterocycles. The summed E-state index contributed by atoms with van der Waals surface area (Å²) in [7, 11) is 2.88. The minimum absolute atomic E-state index is 0.0610. The van der Waals surface area contributed by atoms with Gasteiger partial charge in [-0.3, -0.25) is 5.32 Å². The Bertz CT molecular complexity index is 1170. The second-order valence-corrected chi connectivity index (χ2v) is 6.39. The zero-order valence-electron chi connectivity index (χ0n) is 17.0. The molecule has 31 heavy (non-hydrogen) atoms. The van der Waals surface area contributed by atoms with Crippen LogP contribution in [0.2, 0.25) is 0 Å². The number of anilines is 3. The quantitative estimate of drug-likeness (QED) is 0.462. The Hall–Kier alpha value is -4.45. The predicted molar refractivity (Wildman–Crippen MR) is 117 cm³/mol. The van der Waals surface area contributed by atoms with E-state index in [2.05, 4.69) is 27.1 Å². The third kappa shape index (κ3) is 4.94. The van der Waals surface area contributed by atoms with Gasteiger partial charge in [0.25, 0.3) is 0 Å². The predicted octanol–water partition coefficient (Wildman–Crippen LogP) is 2.74. The molecule has 0 atom stereocenters. The van der Waals surface area contributed by atoms with Crippen molar-refractivity contribution in [3.8, 4) is 23.3 Å². The Morgan fingerprint density at radius 3 is 2.42 bits per heavy atom. The number of amides is 1. The zero-order chi connectivity index (χ0) is 22.4. The summed E-state index contributed by atoms with van der Waals surface area (Å²) >= 11 is 0. The van der Waals surface area contributed by atoms with Gasteiger partial charge in [0, 0.05) is 23.7 Å². The molecular weight excluding hydrogens is 398 g/mol. The molecule has 1 amide bonds. The number of ether oxygens (including phenoxy) is 2. The standard InChI is InChI=1S/C22H21N5O4/c1-30-18-16(9-8-13-6-4-3-5-7-13)14(10-15-12-25-21(24)27-20(15)23)11-17(19(18)31-2)26-22(28)29/h3-7,11-12,26H,10H2,1-2H3,(H,28,29)(H4,23,24,25,27). The lowest BCUT2D eigenvalue weighted by Crippen LogP contribution is -2.11. The lowest BCUT2D eigenvalue weighted by molar-refractivity contribution is 0.209. The minimum Gasteiger partial charge on any atom is -0.492 e. The van der Waals surface area contributed by atoms with Gasteiger partial charge in [-0.25, -0.2) is 9.78 Å². The zero-order valence-corrected chi connectivity index (χ0v) is 17.0. The number of nitrogens with two attached hydrogens (primary N) is 2. The summed E-state index contributed by atoms with van der Waals surface area (Å²) in [4.78, 5) is 19.3. The van der Waals surface area contributed by atoms with Crippen molar-refractivity contribution in [2.75, 3.05) is 31.0 Å². The van der Waals surface area contributed by atoms with Crippen LogP contribution in [0.25, 0.3) is 0 Å². The number of nitrogens with one attached hydrogen (secondary N) is 1. The van der Waals surface area contributed by atoms with Crippen LogP contribution in [0.5, 0.6) is 11.5 Å². The number of hydrogen-bond donors (Lipinski definition) is 4. The first-order valence-corrected chi connectivity index (χ1v) is 9.14. The molecule has 0 fully saturated rings. The van der Waals surface area contributed by atoms with Crippen LogP contribution in [-0.2, 0) is 6.42 Å². The molecule has 1 aromatic heterocycles. The maximum Gasteiger partial charge on any atom is 0.409 e. The smallest absolute Gasteiger partial charge is 0.409 e. The molecule has 0 bridgehead atoms. The van der Waals surface area contributed by atoms with Crippen molar-refractivity contribution in [3.63, 3.8) is 0 Å². The van der Waals surface area contributed by atoms with Crippen LogP contribution in [0, 0.1) is 11.8 Å². The molecule has 6 N–H and O–H groups in total. The van der Waals surface area contributed by atoms with Gasteiger partial charge in [0.2, 0.25) is 5.95 Å². The van der Waals surface area contributed by atoms with Crippen molar-refractivity contribution < 1.29 is 19.4 Å². The number of rotatable bonds is 5. The van der Waals surface area contributed by atoms with E-state index in [9.17, 15) is 9.90 Å². The number of benzene rings is 2. The average Bonchev–Trinajstić information content (AvgIpc) is 2.74. The molecule has 0 aliphatic carbocycles. The van der Waals surface area contributed by atoms with Crippen molar-refractivity contribution in [1.82, 2.24) is 9.97 Å². The highest BCUT2D eigenvalue weighted by Crippen LogP contribution is 2.41. The SMILES string of the molecule is COc1c(NC(=O)O)cc(Cc2cnc(N)nc2N)c(C#Cc2ccccc2)c1OC. The maximum absolute atomic E-state index is 11.3. The lowest BCUT2D eigenvalue weighted by atomic mass is 9.98. The highest BCUT2D eigenvalue weighted by atomic mass is 16.5. The van der Waals surface area contributed by atoms with E-state index < -0.39 is 6.09 Å². The maximum atomic E-state index is 11.3. The molecule has 9 nitrogen and oxygen atoms in total. The minimum atomic E-state index is -1.25. The van der Waals surface area contributed by atoms with Crippen molar-refractivity contribution >= 4 is 23.5 Å². The molecule has 1 heterocycles. The van der Waals surface area contributed by atoms with Gasteiger partial charge in [-0.15, -0.1) is 0 Å². The first kappa shape index (κ1) is 21.3. The Balaban J connectivity index is 2.21. The number of carboxylic acid groups (broad SMARTS) is 1. The van der Waals surface area contributed by atoms with Gasteiger partial charge < -0.3 is 26.0 Å². The number of methoxy groups -OCH3 is 2. The number of aromatic nitrogens is 2. The number of nitrogens with zero attached hydrogens (tertiary/aromatic N) is 2. The van der Waals surface area contributed by atoms with Gasteiger partial charge in [0.1, 0.15) is 5.82 Å². The average molecular weight is 419 g/mol. The fraction of sp³-hybridized carbons (Fsp3) is 0.136. The Morgan fingerprint density at radius 2 is 1.81 bits per heavy atom. The second kappa shape index (κ2) is 9.37. The Labute approximate surface area is 179 Å². The van der Waals surface area contributed by atoms with E-state index in [4.69, 9.17) is 20.9 Å². The molecule has 0 radical (unpaired) electrons. The van der Waals surface area contributed by atoms with Crippen LogP contribution in [0.4, 0.5) is 22.2 Å². The Morgan fingerprint density at radius 1 is 1.10 bits per heavy atom. The highest BCUT2D eigenvalue weighted by molar-refractivity contribution is 5.87. The van der Waals surface area contributed by atoms with Crippen LogP contribution in [0.15, 0.2) is 42.6 Å². The largest absolute Gasteiger partial charge is 0.492 e. The van der Waals surface area contributed by atoms with Crippen LogP contribution in [-0.4, -0.2) is 35.4 Å². The van der Waals surface area contributed by atoms with Crippen molar-refractivity contribution in [2.24, 2.45) is 0 Å². The van der Waals surface area contributed by atoms with Gasteiger partial charge in [-0.2, -0.15) is 4.98 Å². The highest BCUT2D eigenvalue weighted by Gasteiger charge is 2.21. The summed E-state index contributed by atoms with van der Waals surface area (Å²) in [6.07, 6.45) is 0.539. The second-order valence-electron chi connectivity index (χ2n) is 6.39. The van der Waals surface area contributed by atoms with Gasteiger partial charge in [0.05, 0.1) is 25.5 Å². The topological polar surface area (TPSA) is 146 Å². The van der Waals surface area contributed by atoms with Crippen LogP contribution >= 0.6 is 0 Å². The van der Waals surface area contributed by atoms with Crippen LogP contribution in [0.3, 0.4) is 0 Å². The summed E-state index contributed by atoms with van der Waals surface area (Å²) in [6.45, 7) is 0. The molecular formula is C22H21N5O4. The van der Waals surface area contributed by atoms with E-state index in [1.54, 1.807) is 6.07 Å². The summed E-state index contributed by atoms with van der Waals surface area (Å²) < 4.78 is 11.0. The summed E-state index contributed by atoms with van der Waals surface area (Å²) in [5, 5.41) is 11.6. The molecule has 3 rings (SSSR count). The van der Waals surface area contributed by atoms with E-state index in [-0.39, 0.29) is 29.6 Å². The molecule has 0 saturated heterocycles. The molecule has 0 aliphatic rings. The fourth-order valence-electron chi connectivity index (χ4n) is 3.01. The first-order chi connectivity index (χ1) is 14.9. The van der Waals surface area contributed by atoms with E-state index in [0.717, 1.165) is 5.56 Å². The molecule has 2 aromatic carbocycles. The van der Waals surface area contributed by atoms with Crippen molar-refractivity contribution in [3.05, 3.63) is 64.8 Å². The third-order valence-electron chi connectivity index (χ3n) is 4.37. The van der Waals surface area contributed by atoms with E-state index in [1.165, 1.54) is 20.4 Å².